The molecule has 2 aromatic rings. The number of nitrogens with one attached hydrogen (secondary N) is 1. The van der Waals surface area contributed by atoms with Crippen molar-refractivity contribution in [2.45, 2.75) is 38.1 Å². The minimum atomic E-state index is -0.471. The molecule has 3 heterocycles. The van der Waals surface area contributed by atoms with Crippen LogP contribution >= 0.6 is 0 Å². The number of fused-ring (bicyclic) bond motifs is 1. The minimum Gasteiger partial charge on any atom is -0.375 e. The third-order valence-electron chi connectivity index (χ3n) is 5.80. The number of carbonyl (C=O) groups is 2. The van der Waals surface area contributed by atoms with Crippen molar-refractivity contribution in [3.8, 4) is 0 Å². The standard InChI is InChI=1S/C19H24N6O4/c1-11-6-21-15(7-20-11)17(27)23-14-4-13-8-25(16(26)9-28-3)10-19(13,5-14)18-22-12(2)24-29-18/h6-7,13-14H,4-5,8-10H2,1-3H3,(H,23,27)/t13-,14+,19-/m0/s1. The second-order valence-electron chi connectivity index (χ2n) is 7.86. The Morgan fingerprint density at radius 1 is 1.34 bits per heavy atom. The quantitative estimate of drug-likeness (QED) is 0.766. The molecule has 10 nitrogen and oxygen atoms in total. The van der Waals surface area contributed by atoms with E-state index < -0.39 is 5.41 Å². The lowest BCUT2D eigenvalue weighted by Crippen LogP contribution is -2.40. The van der Waals surface area contributed by atoms with Gasteiger partial charge in [0.2, 0.25) is 11.8 Å². The van der Waals surface area contributed by atoms with Crippen LogP contribution in [0.2, 0.25) is 0 Å². The molecule has 0 bridgehead atoms. The fourth-order valence-electron chi connectivity index (χ4n) is 4.49. The highest BCUT2D eigenvalue weighted by molar-refractivity contribution is 5.92. The van der Waals surface area contributed by atoms with E-state index in [1.807, 2.05) is 6.92 Å². The average molecular weight is 400 g/mol. The first-order valence-electron chi connectivity index (χ1n) is 9.58. The first-order valence-corrected chi connectivity index (χ1v) is 9.58. The molecule has 2 amide bonds. The van der Waals surface area contributed by atoms with E-state index in [0.717, 1.165) is 5.69 Å². The molecule has 0 aromatic carbocycles. The summed E-state index contributed by atoms with van der Waals surface area (Å²) in [7, 11) is 1.51. The largest absolute Gasteiger partial charge is 0.375 e. The van der Waals surface area contributed by atoms with Crippen LogP contribution < -0.4 is 5.32 Å². The topological polar surface area (TPSA) is 123 Å². The molecule has 4 rings (SSSR count). The fourth-order valence-corrected chi connectivity index (χ4v) is 4.49. The lowest BCUT2D eigenvalue weighted by molar-refractivity contribution is -0.134. The number of carbonyl (C=O) groups excluding carboxylic acids is 2. The molecule has 2 aromatic heterocycles. The maximum atomic E-state index is 12.6. The van der Waals surface area contributed by atoms with Crippen molar-refractivity contribution in [1.82, 2.24) is 30.3 Å². The molecule has 2 fully saturated rings. The summed E-state index contributed by atoms with van der Waals surface area (Å²) in [5.41, 5.74) is 0.567. The van der Waals surface area contributed by atoms with E-state index in [0.29, 0.717) is 37.6 Å². The highest BCUT2D eigenvalue weighted by atomic mass is 16.5. The van der Waals surface area contributed by atoms with Gasteiger partial charge in [-0.2, -0.15) is 4.98 Å². The van der Waals surface area contributed by atoms with Gasteiger partial charge in [0, 0.05) is 32.4 Å². The van der Waals surface area contributed by atoms with Crippen LogP contribution in [0.25, 0.3) is 0 Å². The fraction of sp³-hybridized carbons (Fsp3) is 0.579. The molecule has 154 valence electrons. The maximum absolute atomic E-state index is 12.6. The van der Waals surface area contributed by atoms with E-state index >= 15 is 0 Å². The van der Waals surface area contributed by atoms with Crippen LogP contribution in [-0.4, -0.2) is 69.7 Å². The van der Waals surface area contributed by atoms with E-state index in [-0.39, 0.29) is 36.1 Å². The van der Waals surface area contributed by atoms with Gasteiger partial charge in [0.25, 0.3) is 5.91 Å². The molecule has 2 aliphatic rings. The number of ether oxygens (including phenoxy) is 1. The monoisotopic (exact) mass is 400 g/mol. The molecule has 1 saturated heterocycles. The molecule has 1 saturated carbocycles. The van der Waals surface area contributed by atoms with Crippen molar-refractivity contribution < 1.29 is 18.8 Å². The Bertz CT molecular complexity index is 914. The van der Waals surface area contributed by atoms with Crippen molar-refractivity contribution in [3.63, 3.8) is 0 Å². The highest BCUT2D eigenvalue weighted by Gasteiger charge is 2.58. The summed E-state index contributed by atoms with van der Waals surface area (Å²) < 4.78 is 10.5. The van der Waals surface area contributed by atoms with E-state index in [1.54, 1.807) is 18.0 Å². The smallest absolute Gasteiger partial charge is 0.271 e. The molecule has 1 aliphatic carbocycles. The van der Waals surface area contributed by atoms with Crippen LogP contribution in [0.4, 0.5) is 0 Å². The SMILES string of the molecule is COCC(=O)N1C[C@@H]2C[C@@H](NC(=O)c3cnc(C)cn3)C[C@]2(c2nc(C)no2)C1. The number of aryl methyl sites for hydroxylation is 2. The van der Waals surface area contributed by atoms with E-state index in [9.17, 15) is 9.59 Å². The van der Waals surface area contributed by atoms with Gasteiger partial charge in [-0.15, -0.1) is 0 Å². The zero-order valence-corrected chi connectivity index (χ0v) is 16.7. The summed E-state index contributed by atoms with van der Waals surface area (Å²) in [4.78, 5) is 39.5. The third kappa shape index (κ3) is 3.59. The lowest BCUT2D eigenvalue weighted by Gasteiger charge is -2.25. The summed E-state index contributed by atoms with van der Waals surface area (Å²) in [6.45, 7) is 4.67. The second kappa shape index (κ2) is 7.51. The summed E-state index contributed by atoms with van der Waals surface area (Å²) >= 11 is 0. The van der Waals surface area contributed by atoms with Crippen molar-refractivity contribution in [2.24, 2.45) is 5.92 Å². The molecule has 0 spiro atoms. The van der Waals surface area contributed by atoms with Gasteiger partial charge in [0.05, 0.1) is 17.3 Å². The summed E-state index contributed by atoms with van der Waals surface area (Å²) in [5, 5.41) is 7.00. The Morgan fingerprint density at radius 2 is 2.17 bits per heavy atom. The van der Waals surface area contributed by atoms with Crippen molar-refractivity contribution in [1.29, 1.82) is 0 Å². The number of nitrogens with zero attached hydrogens (tertiary/aromatic N) is 5. The minimum absolute atomic E-state index is 0.0396. The second-order valence-corrected chi connectivity index (χ2v) is 7.86. The van der Waals surface area contributed by atoms with Gasteiger partial charge in [-0.25, -0.2) is 4.98 Å². The predicted molar refractivity (Wildman–Crippen MR) is 99.9 cm³/mol. The van der Waals surface area contributed by atoms with Crippen molar-refractivity contribution >= 4 is 11.8 Å². The van der Waals surface area contributed by atoms with Gasteiger partial charge in [-0.1, -0.05) is 5.16 Å². The van der Waals surface area contributed by atoms with Crippen LogP contribution in [0.5, 0.6) is 0 Å². The Morgan fingerprint density at radius 3 is 2.83 bits per heavy atom. The van der Waals surface area contributed by atoms with Gasteiger partial charge in [-0.05, 0) is 32.6 Å². The first-order chi connectivity index (χ1) is 13.9. The van der Waals surface area contributed by atoms with Crippen molar-refractivity contribution in [2.75, 3.05) is 26.8 Å². The molecular formula is C19H24N6O4. The molecule has 10 heteroatoms. The highest BCUT2D eigenvalue weighted by Crippen LogP contribution is 2.50. The average Bonchev–Trinajstić information content (AvgIpc) is 3.35. The van der Waals surface area contributed by atoms with Crippen LogP contribution in [0.15, 0.2) is 16.9 Å². The first kappa shape index (κ1) is 19.4. The van der Waals surface area contributed by atoms with Gasteiger partial charge >= 0.3 is 0 Å². The number of likely N-dealkylation sites (tertiary alicyclic amines) is 1. The molecule has 1 N–H and O–H groups in total. The third-order valence-corrected chi connectivity index (χ3v) is 5.80. The predicted octanol–water partition coefficient (Wildman–Crippen LogP) is 0.411. The van der Waals surface area contributed by atoms with Gasteiger partial charge in [0.1, 0.15) is 12.3 Å². The van der Waals surface area contributed by atoms with E-state index in [2.05, 4.69) is 25.4 Å². The Balaban J connectivity index is 1.53. The van der Waals surface area contributed by atoms with Crippen LogP contribution in [-0.2, 0) is 14.9 Å². The summed E-state index contributed by atoms with van der Waals surface area (Å²) in [6.07, 6.45) is 4.37. The van der Waals surface area contributed by atoms with E-state index in [1.165, 1.54) is 13.3 Å². The Kier molecular flexibility index (Phi) is 5.03. The maximum Gasteiger partial charge on any atom is 0.271 e. The van der Waals surface area contributed by atoms with Crippen LogP contribution in [0.1, 0.15) is 40.7 Å². The number of methoxy groups -OCH3 is 1. The normalized spacial score (nSPS) is 25.8. The molecule has 3 atom stereocenters. The zero-order valence-electron chi connectivity index (χ0n) is 16.7. The molecule has 0 unspecified atom stereocenters. The molecule has 29 heavy (non-hydrogen) atoms. The number of hydrogen-bond donors (Lipinski definition) is 1. The Hall–Kier alpha value is -2.88. The van der Waals surface area contributed by atoms with Crippen molar-refractivity contribution in [3.05, 3.63) is 35.5 Å². The number of rotatable bonds is 5. The number of aromatic nitrogens is 4. The van der Waals surface area contributed by atoms with Crippen LogP contribution in [0, 0.1) is 19.8 Å². The van der Waals surface area contributed by atoms with Gasteiger partial charge in [0.15, 0.2) is 5.82 Å². The number of amides is 2. The van der Waals surface area contributed by atoms with Gasteiger partial charge < -0.3 is 19.5 Å². The van der Waals surface area contributed by atoms with Crippen LogP contribution in [0.3, 0.4) is 0 Å². The summed E-state index contributed by atoms with van der Waals surface area (Å²) in [5.74, 6) is 0.869. The molecule has 0 radical (unpaired) electrons. The van der Waals surface area contributed by atoms with E-state index in [4.69, 9.17) is 9.26 Å². The molecule has 1 aliphatic heterocycles. The number of hydrogen-bond acceptors (Lipinski definition) is 8. The summed E-state index contributed by atoms with van der Waals surface area (Å²) in [6, 6.07) is -0.0810. The Labute approximate surface area is 168 Å². The zero-order chi connectivity index (χ0) is 20.6. The molecular weight excluding hydrogens is 376 g/mol. The lowest BCUT2D eigenvalue weighted by atomic mass is 9.80. The van der Waals surface area contributed by atoms with Gasteiger partial charge in [-0.3, -0.25) is 14.6 Å².